The van der Waals surface area contributed by atoms with E-state index in [4.69, 9.17) is 0 Å². The molecule has 21 heavy (non-hydrogen) atoms. The largest absolute Gasteiger partial charge is 0.325 e. The minimum absolute atomic E-state index is 0.0972. The highest BCUT2D eigenvalue weighted by Crippen LogP contribution is 2.23. The number of rotatable bonds is 5. The van der Waals surface area contributed by atoms with Crippen LogP contribution in [0.15, 0.2) is 30.3 Å². The van der Waals surface area contributed by atoms with E-state index in [2.05, 4.69) is 10.6 Å². The first kappa shape index (κ1) is 16.0. The number of amides is 1. The van der Waals surface area contributed by atoms with E-state index >= 15 is 0 Å². The lowest BCUT2D eigenvalue weighted by Gasteiger charge is -2.28. The molecule has 2 N–H and O–H groups in total. The summed E-state index contributed by atoms with van der Waals surface area (Å²) in [5.41, 5.74) is 0.766. The average molecular weight is 310 g/mol. The van der Waals surface area contributed by atoms with Gasteiger partial charge in [0.05, 0.1) is 11.8 Å². The molecule has 0 aromatic heterocycles. The molecule has 1 fully saturated rings. The molecule has 0 radical (unpaired) electrons. The van der Waals surface area contributed by atoms with Crippen LogP contribution in [-0.4, -0.2) is 38.4 Å². The molecule has 6 heteroatoms. The molecular formula is C15H22N2O3S. The lowest BCUT2D eigenvalue weighted by Crippen LogP contribution is -2.42. The summed E-state index contributed by atoms with van der Waals surface area (Å²) in [6.07, 6.45) is 4.42. The van der Waals surface area contributed by atoms with Crippen LogP contribution in [0.3, 0.4) is 0 Å². The Morgan fingerprint density at radius 2 is 1.95 bits per heavy atom. The maximum Gasteiger partial charge on any atom is 0.238 e. The number of hydrogen-bond donors (Lipinski definition) is 2. The normalized spacial score (nSPS) is 22.7. The fraction of sp³-hybridized carbons (Fsp3) is 0.533. The highest BCUT2D eigenvalue weighted by Gasteiger charge is 2.28. The van der Waals surface area contributed by atoms with Crippen LogP contribution < -0.4 is 10.6 Å². The molecule has 2 atom stereocenters. The second kappa shape index (κ2) is 7.04. The standard InChI is InChI=1S/C15H22N2O3S/c1-21(19,20)14-9-5-8-13(10-14)16-11-15(18)17-12-6-3-2-4-7-12/h2-4,6-7,13-14,16H,5,8-11H2,1H3,(H,17,18). The van der Waals surface area contributed by atoms with Crippen LogP contribution in [0.4, 0.5) is 5.69 Å². The average Bonchev–Trinajstić information content (AvgIpc) is 2.46. The van der Waals surface area contributed by atoms with Crippen molar-refractivity contribution in [1.82, 2.24) is 5.32 Å². The summed E-state index contributed by atoms with van der Waals surface area (Å²) in [5, 5.41) is 5.69. The van der Waals surface area contributed by atoms with Gasteiger partial charge in [0.15, 0.2) is 0 Å². The van der Waals surface area contributed by atoms with Gasteiger partial charge in [-0.25, -0.2) is 8.42 Å². The van der Waals surface area contributed by atoms with Gasteiger partial charge < -0.3 is 10.6 Å². The zero-order valence-corrected chi connectivity index (χ0v) is 13.0. The van der Waals surface area contributed by atoms with Gasteiger partial charge in [0.2, 0.25) is 5.91 Å². The van der Waals surface area contributed by atoms with Gasteiger partial charge >= 0.3 is 0 Å². The molecule has 2 unspecified atom stereocenters. The predicted octanol–water partition coefficient (Wildman–Crippen LogP) is 1.57. The lowest BCUT2D eigenvalue weighted by atomic mass is 9.95. The van der Waals surface area contributed by atoms with Crippen LogP contribution in [0.25, 0.3) is 0 Å². The highest BCUT2D eigenvalue weighted by atomic mass is 32.2. The van der Waals surface area contributed by atoms with E-state index in [9.17, 15) is 13.2 Å². The van der Waals surface area contributed by atoms with Crippen LogP contribution in [0.1, 0.15) is 25.7 Å². The molecule has 0 aliphatic heterocycles. The summed E-state index contributed by atoms with van der Waals surface area (Å²) in [6.45, 7) is 0.204. The topological polar surface area (TPSA) is 75.3 Å². The van der Waals surface area contributed by atoms with E-state index in [0.717, 1.165) is 24.9 Å². The van der Waals surface area contributed by atoms with Crippen LogP contribution in [0.2, 0.25) is 0 Å². The fourth-order valence-corrected chi connectivity index (χ4v) is 3.86. The van der Waals surface area contributed by atoms with Crippen molar-refractivity contribution in [2.24, 2.45) is 0 Å². The van der Waals surface area contributed by atoms with E-state index in [0.29, 0.717) is 6.42 Å². The molecule has 0 bridgehead atoms. The van der Waals surface area contributed by atoms with Crippen LogP contribution >= 0.6 is 0 Å². The third kappa shape index (κ3) is 5.13. The van der Waals surface area contributed by atoms with Crippen LogP contribution in [0, 0.1) is 0 Å². The number of anilines is 1. The van der Waals surface area contributed by atoms with E-state index in [1.807, 2.05) is 30.3 Å². The summed E-state index contributed by atoms with van der Waals surface area (Å²) in [6, 6.07) is 9.37. The third-order valence-electron chi connectivity index (χ3n) is 3.84. The number of para-hydroxylation sites is 1. The Morgan fingerprint density at radius 1 is 1.24 bits per heavy atom. The Hall–Kier alpha value is -1.40. The molecule has 5 nitrogen and oxygen atoms in total. The molecule has 1 aliphatic carbocycles. The van der Waals surface area contributed by atoms with E-state index in [-0.39, 0.29) is 23.7 Å². The smallest absolute Gasteiger partial charge is 0.238 e. The molecule has 116 valence electrons. The van der Waals surface area contributed by atoms with Crippen LogP contribution in [-0.2, 0) is 14.6 Å². The van der Waals surface area contributed by atoms with Crippen molar-refractivity contribution in [1.29, 1.82) is 0 Å². The van der Waals surface area contributed by atoms with E-state index in [1.165, 1.54) is 6.26 Å². The molecule has 1 amide bonds. The van der Waals surface area contributed by atoms with Crippen molar-refractivity contribution >= 4 is 21.4 Å². The summed E-state index contributed by atoms with van der Waals surface area (Å²) in [7, 11) is -2.99. The first-order valence-corrected chi connectivity index (χ1v) is 9.18. The van der Waals surface area contributed by atoms with Gasteiger partial charge in [-0.2, -0.15) is 0 Å². The molecule has 1 saturated carbocycles. The lowest BCUT2D eigenvalue weighted by molar-refractivity contribution is -0.115. The Kier molecular flexibility index (Phi) is 5.36. The molecule has 2 rings (SSSR count). The Labute approximate surface area is 126 Å². The first-order valence-electron chi connectivity index (χ1n) is 7.22. The summed E-state index contributed by atoms with van der Waals surface area (Å²) >= 11 is 0. The van der Waals surface area contributed by atoms with E-state index in [1.54, 1.807) is 0 Å². The van der Waals surface area contributed by atoms with Gasteiger partial charge in [0.25, 0.3) is 0 Å². The fourth-order valence-electron chi connectivity index (χ4n) is 2.68. The number of carbonyl (C=O) groups excluding carboxylic acids is 1. The molecule has 1 aromatic rings. The van der Waals surface area contributed by atoms with Crippen molar-refractivity contribution < 1.29 is 13.2 Å². The zero-order valence-electron chi connectivity index (χ0n) is 12.2. The Morgan fingerprint density at radius 3 is 2.62 bits per heavy atom. The zero-order chi connectivity index (χ0) is 15.3. The number of hydrogen-bond acceptors (Lipinski definition) is 4. The monoisotopic (exact) mass is 310 g/mol. The maximum atomic E-state index is 11.8. The number of sulfone groups is 1. The highest BCUT2D eigenvalue weighted by molar-refractivity contribution is 7.91. The molecule has 0 saturated heterocycles. The van der Waals surface area contributed by atoms with Gasteiger partial charge in [-0.05, 0) is 31.4 Å². The second-order valence-electron chi connectivity index (χ2n) is 5.61. The molecule has 0 heterocycles. The summed E-state index contributed by atoms with van der Waals surface area (Å²) in [4.78, 5) is 11.8. The number of carbonyl (C=O) groups is 1. The molecule has 0 spiro atoms. The van der Waals surface area contributed by atoms with Crippen molar-refractivity contribution in [3.05, 3.63) is 30.3 Å². The van der Waals surface area contributed by atoms with Gasteiger partial charge in [-0.15, -0.1) is 0 Å². The van der Waals surface area contributed by atoms with E-state index < -0.39 is 9.84 Å². The van der Waals surface area contributed by atoms with Crippen molar-refractivity contribution in [3.8, 4) is 0 Å². The summed E-state index contributed by atoms with van der Waals surface area (Å²) in [5.74, 6) is -0.109. The Balaban J connectivity index is 1.79. The van der Waals surface area contributed by atoms with Gasteiger partial charge in [0.1, 0.15) is 9.84 Å². The van der Waals surface area contributed by atoms with Gasteiger partial charge in [-0.3, -0.25) is 4.79 Å². The second-order valence-corrected chi connectivity index (χ2v) is 7.94. The number of benzene rings is 1. The maximum absolute atomic E-state index is 11.8. The minimum atomic E-state index is -2.99. The summed E-state index contributed by atoms with van der Waals surface area (Å²) < 4.78 is 23.2. The minimum Gasteiger partial charge on any atom is -0.325 e. The van der Waals surface area contributed by atoms with Crippen molar-refractivity contribution in [2.45, 2.75) is 37.0 Å². The predicted molar refractivity (Wildman–Crippen MR) is 84.0 cm³/mol. The van der Waals surface area contributed by atoms with Crippen LogP contribution in [0.5, 0.6) is 0 Å². The molecule has 1 aromatic carbocycles. The molecule has 1 aliphatic rings. The Bertz CT molecular complexity index is 572. The quantitative estimate of drug-likeness (QED) is 0.865. The first-order chi connectivity index (χ1) is 9.95. The third-order valence-corrected chi connectivity index (χ3v) is 5.48. The van der Waals surface area contributed by atoms with Crippen molar-refractivity contribution in [2.75, 3.05) is 18.1 Å². The van der Waals surface area contributed by atoms with Gasteiger partial charge in [-0.1, -0.05) is 24.6 Å². The SMILES string of the molecule is CS(=O)(=O)C1CCCC(NCC(=O)Nc2ccccc2)C1. The molecular weight excluding hydrogens is 288 g/mol. The van der Waals surface area contributed by atoms with Crippen molar-refractivity contribution in [3.63, 3.8) is 0 Å². The number of nitrogens with one attached hydrogen (secondary N) is 2. The van der Waals surface area contributed by atoms with Gasteiger partial charge in [0, 0.05) is 18.0 Å².